The average molecular weight is 168 g/mol. The van der Waals surface area contributed by atoms with Crippen molar-refractivity contribution in [2.75, 3.05) is 6.54 Å². The Morgan fingerprint density at radius 3 is 3.00 bits per heavy atom. The highest BCUT2D eigenvalue weighted by Crippen LogP contribution is 2.18. The first-order valence-corrected chi connectivity index (χ1v) is 4.06. The Bertz CT molecular complexity index is 250. The summed E-state index contributed by atoms with van der Waals surface area (Å²) in [6.45, 7) is 2.50. The first kappa shape index (κ1) is 9.13. The summed E-state index contributed by atoms with van der Waals surface area (Å²) in [4.78, 5) is 3.97. The maximum atomic E-state index is 13.1. The van der Waals surface area contributed by atoms with Gasteiger partial charge in [0.15, 0.2) is 0 Å². The number of nitrogens with zero attached hydrogens (tertiary/aromatic N) is 1. The highest BCUT2D eigenvalue weighted by atomic mass is 19.1. The van der Waals surface area contributed by atoms with E-state index in [9.17, 15) is 4.39 Å². The number of hydrogen-bond donors (Lipinski definition) is 1. The lowest BCUT2D eigenvalue weighted by Gasteiger charge is -2.09. The molecule has 0 amide bonds. The van der Waals surface area contributed by atoms with Crippen molar-refractivity contribution in [2.45, 2.75) is 19.3 Å². The predicted molar refractivity (Wildman–Crippen MR) is 46.3 cm³/mol. The Hall–Kier alpha value is -0.960. The van der Waals surface area contributed by atoms with Gasteiger partial charge < -0.3 is 5.73 Å². The van der Waals surface area contributed by atoms with Gasteiger partial charge >= 0.3 is 0 Å². The van der Waals surface area contributed by atoms with Gasteiger partial charge in [-0.2, -0.15) is 0 Å². The van der Waals surface area contributed by atoms with Crippen LogP contribution in [0.2, 0.25) is 0 Å². The van der Waals surface area contributed by atoms with Crippen molar-refractivity contribution >= 4 is 0 Å². The van der Waals surface area contributed by atoms with Crippen LogP contribution in [0.25, 0.3) is 0 Å². The zero-order valence-corrected chi connectivity index (χ0v) is 7.13. The number of halogens is 1. The minimum atomic E-state index is -0.238. The largest absolute Gasteiger partial charge is 0.330 e. The molecular formula is C9H13FN2. The minimum absolute atomic E-state index is 0.108. The van der Waals surface area contributed by atoms with E-state index in [2.05, 4.69) is 4.98 Å². The fraction of sp³-hybridized carbons (Fsp3) is 0.444. The zero-order valence-electron chi connectivity index (χ0n) is 7.13. The average Bonchev–Trinajstić information content (AvgIpc) is 2.05. The molecule has 0 saturated carbocycles. The Morgan fingerprint density at radius 2 is 2.42 bits per heavy atom. The SMILES string of the molecule is CC(CCN)c1ncccc1F. The summed E-state index contributed by atoms with van der Waals surface area (Å²) in [6, 6.07) is 3.02. The van der Waals surface area contributed by atoms with Crippen LogP contribution in [0.15, 0.2) is 18.3 Å². The molecule has 2 N–H and O–H groups in total. The van der Waals surface area contributed by atoms with Crippen LogP contribution >= 0.6 is 0 Å². The molecule has 1 unspecified atom stereocenters. The summed E-state index contributed by atoms with van der Waals surface area (Å²) < 4.78 is 13.1. The van der Waals surface area contributed by atoms with Gasteiger partial charge in [0.05, 0.1) is 5.69 Å². The molecule has 1 rings (SSSR count). The number of hydrogen-bond acceptors (Lipinski definition) is 2. The number of pyridine rings is 1. The van der Waals surface area contributed by atoms with Crippen LogP contribution in [0.4, 0.5) is 4.39 Å². The third kappa shape index (κ3) is 2.01. The fourth-order valence-corrected chi connectivity index (χ4v) is 1.15. The normalized spacial score (nSPS) is 12.9. The topological polar surface area (TPSA) is 38.9 Å². The van der Waals surface area contributed by atoms with Gasteiger partial charge in [0.25, 0.3) is 0 Å². The molecule has 0 aliphatic rings. The Morgan fingerprint density at radius 1 is 1.67 bits per heavy atom. The van der Waals surface area contributed by atoms with E-state index in [0.29, 0.717) is 12.2 Å². The summed E-state index contributed by atoms with van der Waals surface area (Å²) in [5, 5.41) is 0. The molecule has 1 aromatic heterocycles. The van der Waals surface area contributed by atoms with Crippen molar-refractivity contribution in [2.24, 2.45) is 5.73 Å². The highest BCUT2D eigenvalue weighted by molar-refractivity contribution is 5.11. The van der Waals surface area contributed by atoms with Gasteiger partial charge in [0.2, 0.25) is 0 Å². The molecule has 66 valence electrons. The maximum Gasteiger partial charge on any atom is 0.144 e. The third-order valence-electron chi connectivity index (χ3n) is 1.85. The van der Waals surface area contributed by atoms with Crippen molar-refractivity contribution in [3.63, 3.8) is 0 Å². The van der Waals surface area contributed by atoms with E-state index in [1.54, 1.807) is 12.3 Å². The van der Waals surface area contributed by atoms with Crippen LogP contribution in [-0.4, -0.2) is 11.5 Å². The second-order valence-electron chi connectivity index (χ2n) is 2.85. The lowest BCUT2D eigenvalue weighted by Crippen LogP contribution is -2.07. The van der Waals surface area contributed by atoms with E-state index < -0.39 is 0 Å². The molecule has 0 spiro atoms. The first-order chi connectivity index (χ1) is 5.75. The molecule has 1 atom stereocenters. The van der Waals surface area contributed by atoms with Gasteiger partial charge in [-0.15, -0.1) is 0 Å². The van der Waals surface area contributed by atoms with Gasteiger partial charge in [-0.1, -0.05) is 6.92 Å². The summed E-state index contributed by atoms with van der Waals surface area (Å²) in [5.41, 5.74) is 5.88. The summed E-state index contributed by atoms with van der Waals surface area (Å²) in [7, 11) is 0. The van der Waals surface area contributed by atoms with Gasteiger partial charge in [0.1, 0.15) is 5.82 Å². The zero-order chi connectivity index (χ0) is 8.97. The van der Waals surface area contributed by atoms with Crippen molar-refractivity contribution in [1.29, 1.82) is 0 Å². The number of aromatic nitrogens is 1. The molecule has 2 nitrogen and oxygen atoms in total. The Kier molecular flexibility index (Phi) is 3.17. The molecule has 1 aromatic rings. The van der Waals surface area contributed by atoms with Gasteiger partial charge in [-0.3, -0.25) is 4.98 Å². The maximum absolute atomic E-state index is 13.1. The van der Waals surface area contributed by atoms with Gasteiger partial charge in [0, 0.05) is 12.1 Å². The van der Waals surface area contributed by atoms with Crippen molar-refractivity contribution < 1.29 is 4.39 Å². The lowest BCUT2D eigenvalue weighted by atomic mass is 10.0. The van der Waals surface area contributed by atoms with Crippen molar-refractivity contribution in [1.82, 2.24) is 4.98 Å². The van der Waals surface area contributed by atoms with E-state index in [0.717, 1.165) is 6.42 Å². The van der Waals surface area contributed by atoms with Crippen LogP contribution in [0, 0.1) is 5.82 Å². The summed E-state index contributed by atoms with van der Waals surface area (Å²) >= 11 is 0. The molecule has 0 bridgehead atoms. The van der Waals surface area contributed by atoms with Gasteiger partial charge in [-0.05, 0) is 25.1 Å². The van der Waals surface area contributed by atoms with Crippen LogP contribution in [0.3, 0.4) is 0 Å². The molecule has 0 aromatic carbocycles. The van der Waals surface area contributed by atoms with E-state index in [1.165, 1.54) is 6.07 Å². The second kappa shape index (κ2) is 4.16. The van der Waals surface area contributed by atoms with E-state index >= 15 is 0 Å². The quantitative estimate of drug-likeness (QED) is 0.745. The number of nitrogens with two attached hydrogens (primary N) is 1. The minimum Gasteiger partial charge on any atom is -0.330 e. The van der Waals surface area contributed by atoms with Gasteiger partial charge in [-0.25, -0.2) is 4.39 Å². The fourth-order valence-electron chi connectivity index (χ4n) is 1.15. The van der Waals surface area contributed by atoms with Crippen LogP contribution < -0.4 is 5.73 Å². The third-order valence-corrected chi connectivity index (χ3v) is 1.85. The van der Waals surface area contributed by atoms with Crippen LogP contribution in [-0.2, 0) is 0 Å². The molecule has 0 aliphatic heterocycles. The standard InChI is InChI=1S/C9H13FN2/c1-7(4-5-11)9-8(10)3-2-6-12-9/h2-3,6-7H,4-5,11H2,1H3. The van der Waals surface area contributed by atoms with E-state index in [1.807, 2.05) is 6.92 Å². The Balaban J connectivity index is 2.79. The summed E-state index contributed by atoms with van der Waals surface area (Å²) in [5.74, 6) is -0.130. The first-order valence-electron chi connectivity index (χ1n) is 4.06. The molecule has 0 saturated heterocycles. The second-order valence-corrected chi connectivity index (χ2v) is 2.85. The molecular weight excluding hydrogens is 155 g/mol. The highest BCUT2D eigenvalue weighted by Gasteiger charge is 2.10. The van der Waals surface area contributed by atoms with Crippen LogP contribution in [0.1, 0.15) is 25.0 Å². The monoisotopic (exact) mass is 168 g/mol. The molecule has 3 heteroatoms. The van der Waals surface area contributed by atoms with Crippen molar-refractivity contribution in [3.8, 4) is 0 Å². The Labute approximate surface area is 71.6 Å². The summed E-state index contributed by atoms with van der Waals surface area (Å²) in [6.07, 6.45) is 2.37. The predicted octanol–water partition coefficient (Wildman–Crippen LogP) is 1.67. The van der Waals surface area contributed by atoms with Crippen LogP contribution in [0.5, 0.6) is 0 Å². The molecule has 0 radical (unpaired) electrons. The van der Waals surface area contributed by atoms with E-state index in [-0.39, 0.29) is 11.7 Å². The van der Waals surface area contributed by atoms with Crippen molar-refractivity contribution in [3.05, 3.63) is 29.8 Å². The number of rotatable bonds is 3. The lowest BCUT2D eigenvalue weighted by molar-refractivity contribution is 0.561. The molecule has 0 aliphatic carbocycles. The molecule has 12 heavy (non-hydrogen) atoms. The molecule has 1 heterocycles. The molecule has 0 fully saturated rings. The van der Waals surface area contributed by atoms with E-state index in [4.69, 9.17) is 5.73 Å². The smallest absolute Gasteiger partial charge is 0.144 e.